The average Bonchev–Trinajstić information content (AvgIpc) is 2.49. The molecule has 0 aromatic heterocycles. The van der Waals surface area contributed by atoms with Crippen molar-refractivity contribution in [2.24, 2.45) is 5.41 Å². The van der Waals surface area contributed by atoms with Crippen LogP contribution in [-0.2, 0) is 16.1 Å². The zero-order valence-corrected chi connectivity index (χ0v) is 13.7. The van der Waals surface area contributed by atoms with E-state index >= 15 is 0 Å². The molecule has 1 atom stereocenters. The number of hydrogen-bond donors (Lipinski definition) is 1. The molecule has 1 unspecified atom stereocenters. The van der Waals surface area contributed by atoms with Gasteiger partial charge >= 0.3 is 0 Å². The van der Waals surface area contributed by atoms with Gasteiger partial charge in [0, 0.05) is 31.7 Å². The highest BCUT2D eigenvalue weighted by Gasteiger charge is 2.53. The van der Waals surface area contributed by atoms with Crippen LogP contribution < -0.4 is 0 Å². The summed E-state index contributed by atoms with van der Waals surface area (Å²) in [5.41, 5.74) is 1.10. The van der Waals surface area contributed by atoms with Crippen LogP contribution in [-0.4, -0.2) is 54.6 Å². The Morgan fingerprint density at radius 2 is 2.00 bits per heavy atom. The molecule has 0 amide bonds. The lowest BCUT2D eigenvalue weighted by Crippen LogP contribution is -2.66. The van der Waals surface area contributed by atoms with Crippen LogP contribution in [0, 0.1) is 5.41 Å². The molecular formula is C19H27NO3. The van der Waals surface area contributed by atoms with Crippen LogP contribution in [0.1, 0.15) is 31.2 Å². The predicted octanol–water partition coefficient (Wildman–Crippen LogP) is 2.21. The SMILES string of the molecule is OC1(CN2CC3(CC(OCc4ccccc4)C3)C2)CCCOC1. The normalized spacial score (nSPS) is 30.8. The van der Waals surface area contributed by atoms with E-state index in [2.05, 4.69) is 29.2 Å². The summed E-state index contributed by atoms with van der Waals surface area (Å²) in [5.74, 6) is 0. The summed E-state index contributed by atoms with van der Waals surface area (Å²) in [6.07, 6.45) is 4.61. The number of benzene rings is 1. The van der Waals surface area contributed by atoms with Crippen molar-refractivity contribution in [1.29, 1.82) is 0 Å². The molecule has 126 valence electrons. The first kappa shape index (κ1) is 15.6. The standard InChI is InChI=1S/C19H27NO3/c21-19(7-4-8-22-15-19)14-20-12-18(13-20)9-17(10-18)23-11-16-5-2-1-3-6-16/h1-3,5-6,17,21H,4,7-15H2. The smallest absolute Gasteiger partial charge is 0.101 e. The lowest BCUT2D eigenvalue weighted by Gasteiger charge is -2.60. The maximum atomic E-state index is 10.5. The Balaban J connectivity index is 1.17. The zero-order valence-electron chi connectivity index (χ0n) is 13.7. The average molecular weight is 317 g/mol. The Morgan fingerprint density at radius 1 is 1.22 bits per heavy atom. The molecule has 2 saturated heterocycles. The highest BCUT2D eigenvalue weighted by atomic mass is 16.5. The minimum Gasteiger partial charge on any atom is -0.386 e. The molecule has 0 bridgehead atoms. The van der Waals surface area contributed by atoms with Gasteiger partial charge in [-0.05, 0) is 31.2 Å². The third kappa shape index (κ3) is 3.45. The van der Waals surface area contributed by atoms with Gasteiger partial charge in [-0.1, -0.05) is 30.3 Å². The van der Waals surface area contributed by atoms with Gasteiger partial charge in [0.15, 0.2) is 0 Å². The first-order valence-corrected chi connectivity index (χ1v) is 8.83. The Labute approximate surface area is 138 Å². The van der Waals surface area contributed by atoms with Crippen molar-refractivity contribution < 1.29 is 14.6 Å². The Bertz CT molecular complexity index is 513. The second-order valence-electron chi connectivity index (χ2n) is 7.85. The highest BCUT2D eigenvalue weighted by Crippen LogP contribution is 2.50. The van der Waals surface area contributed by atoms with Crippen molar-refractivity contribution in [2.45, 2.75) is 44.0 Å². The summed E-state index contributed by atoms with van der Waals surface area (Å²) < 4.78 is 11.5. The number of nitrogens with zero attached hydrogens (tertiary/aromatic N) is 1. The third-order valence-corrected chi connectivity index (χ3v) is 5.59. The summed E-state index contributed by atoms with van der Waals surface area (Å²) in [6.45, 7) is 5.01. The van der Waals surface area contributed by atoms with Crippen LogP contribution >= 0.6 is 0 Å². The molecule has 3 aliphatic rings. The molecule has 2 heterocycles. The van der Waals surface area contributed by atoms with Crippen molar-refractivity contribution in [3.8, 4) is 0 Å². The van der Waals surface area contributed by atoms with Crippen molar-refractivity contribution in [3.63, 3.8) is 0 Å². The summed E-state index contributed by atoms with van der Waals surface area (Å²) >= 11 is 0. The Morgan fingerprint density at radius 3 is 2.70 bits per heavy atom. The number of likely N-dealkylation sites (tertiary alicyclic amines) is 1. The molecular weight excluding hydrogens is 290 g/mol. The minimum absolute atomic E-state index is 0.415. The van der Waals surface area contributed by atoms with Crippen LogP contribution in [0.4, 0.5) is 0 Å². The highest BCUT2D eigenvalue weighted by molar-refractivity contribution is 5.14. The largest absolute Gasteiger partial charge is 0.386 e. The molecule has 4 heteroatoms. The van der Waals surface area contributed by atoms with E-state index in [1.807, 2.05) is 6.07 Å². The number of ether oxygens (including phenoxy) is 2. The second-order valence-corrected chi connectivity index (χ2v) is 7.85. The molecule has 1 aromatic rings. The summed E-state index contributed by atoms with van der Waals surface area (Å²) in [5, 5.41) is 10.5. The van der Waals surface area contributed by atoms with Crippen molar-refractivity contribution in [1.82, 2.24) is 4.90 Å². The minimum atomic E-state index is -0.618. The molecule has 2 aliphatic heterocycles. The summed E-state index contributed by atoms with van der Waals surface area (Å²) in [6, 6.07) is 10.4. The van der Waals surface area contributed by atoms with Crippen LogP contribution in [0.2, 0.25) is 0 Å². The predicted molar refractivity (Wildman–Crippen MR) is 88.1 cm³/mol. The van der Waals surface area contributed by atoms with Crippen molar-refractivity contribution in [3.05, 3.63) is 35.9 Å². The van der Waals surface area contributed by atoms with Gasteiger partial charge in [-0.2, -0.15) is 0 Å². The van der Waals surface area contributed by atoms with E-state index < -0.39 is 5.60 Å². The molecule has 1 saturated carbocycles. The van der Waals surface area contributed by atoms with E-state index in [1.54, 1.807) is 0 Å². The molecule has 1 aliphatic carbocycles. The van der Waals surface area contributed by atoms with Gasteiger partial charge in [0.25, 0.3) is 0 Å². The fourth-order valence-corrected chi connectivity index (χ4v) is 4.46. The molecule has 1 spiro atoms. The number of aliphatic hydroxyl groups is 1. The van der Waals surface area contributed by atoms with Crippen LogP contribution in [0.25, 0.3) is 0 Å². The molecule has 23 heavy (non-hydrogen) atoms. The third-order valence-electron chi connectivity index (χ3n) is 5.59. The van der Waals surface area contributed by atoms with E-state index in [9.17, 15) is 5.11 Å². The summed E-state index contributed by atoms with van der Waals surface area (Å²) in [7, 11) is 0. The van der Waals surface area contributed by atoms with Gasteiger partial charge in [0.05, 0.1) is 19.3 Å². The van der Waals surface area contributed by atoms with E-state index in [-0.39, 0.29) is 0 Å². The number of rotatable bonds is 5. The Hall–Kier alpha value is -0.940. The molecule has 3 fully saturated rings. The van der Waals surface area contributed by atoms with Crippen molar-refractivity contribution in [2.75, 3.05) is 32.8 Å². The maximum Gasteiger partial charge on any atom is 0.101 e. The molecule has 4 nitrogen and oxygen atoms in total. The van der Waals surface area contributed by atoms with Gasteiger partial charge in [-0.3, -0.25) is 4.90 Å². The number of β-amino-alcohol motifs (C(OH)–C–C–N with tert-alkyl or cyclic N) is 1. The van der Waals surface area contributed by atoms with E-state index in [4.69, 9.17) is 9.47 Å². The van der Waals surface area contributed by atoms with E-state index in [0.717, 1.165) is 45.7 Å². The summed E-state index contributed by atoms with van der Waals surface area (Å²) in [4.78, 5) is 2.39. The topological polar surface area (TPSA) is 41.9 Å². The van der Waals surface area contributed by atoms with Gasteiger partial charge in [0.2, 0.25) is 0 Å². The first-order valence-electron chi connectivity index (χ1n) is 8.83. The van der Waals surface area contributed by atoms with Crippen LogP contribution in [0.15, 0.2) is 30.3 Å². The van der Waals surface area contributed by atoms with E-state index in [1.165, 1.54) is 18.4 Å². The maximum absolute atomic E-state index is 10.5. The van der Waals surface area contributed by atoms with Gasteiger partial charge in [-0.25, -0.2) is 0 Å². The van der Waals surface area contributed by atoms with E-state index in [0.29, 0.717) is 18.1 Å². The van der Waals surface area contributed by atoms with Crippen LogP contribution in [0.5, 0.6) is 0 Å². The molecule has 1 N–H and O–H groups in total. The molecule has 1 aromatic carbocycles. The lowest BCUT2D eigenvalue weighted by atomic mass is 9.61. The van der Waals surface area contributed by atoms with Gasteiger partial charge < -0.3 is 14.6 Å². The van der Waals surface area contributed by atoms with Crippen LogP contribution in [0.3, 0.4) is 0 Å². The number of hydrogen-bond acceptors (Lipinski definition) is 4. The quantitative estimate of drug-likeness (QED) is 0.904. The monoisotopic (exact) mass is 317 g/mol. The fraction of sp³-hybridized carbons (Fsp3) is 0.684. The molecule has 0 radical (unpaired) electrons. The lowest BCUT2D eigenvalue weighted by molar-refractivity contribution is -0.179. The van der Waals surface area contributed by atoms with Gasteiger partial charge in [0.1, 0.15) is 5.60 Å². The van der Waals surface area contributed by atoms with Gasteiger partial charge in [-0.15, -0.1) is 0 Å². The van der Waals surface area contributed by atoms with Crippen molar-refractivity contribution >= 4 is 0 Å². The zero-order chi connectivity index (χ0) is 15.8. The Kier molecular flexibility index (Phi) is 4.18. The second kappa shape index (κ2) is 6.17. The fourth-order valence-electron chi connectivity index (χ4n) is 4.46. The first-order chi connectivity index (χ1) is 11.1. The molecule has 4 rings (SSSR count).